The van der Waals surface area contributed by atoms with Crippen LogP contribution in [-0.2, 0) is 4.74 Å². The van der Waals surface area contributed by atoms with Gasteiger partial charge in [0, 0.05) is 18.5 Å². The molecule has 1 aliphatic heterocycles. The molecule has 2 atom stereocenters. The van der Waals surface area contributed by atoms with E-state index in [4.69, 9.17) is 4.74 Å². The van der Waals surface area contributed by atoms with Gasteiger partial charge in [-0.25, -0.2) is 4.79 Å². The van der Waals surface area contributed by atoms with E-state index in [2.05, 4.69) is 10.6 Å². The second kappa shape index (κ2) is 5.23. The highest BCUT2D eigenvalue weighted by molar-refractivity contribution is 5.67. The normalized spacial score (nSPS) is 29.8. The molecule has 1 fully saturated rings. The molecule has 0 aliphatic carbocycles. The molecule has 17 heavy (non-hydrogen) atoms. The Bertz CT molecular complexity index is 275. The van der Waals surface area contributed by atoms with Crippen molar-refractivity contribution in [1.29, 1.82) is 0 Å². The Labute approximate surface area is 103 Å². The topological polar surface area (TPSA) is 70.6 Å². The van der Waals surface area contributed by atoms with Crippen LogP contribution < -0.4 is 10.6 Å². The zero-order chi connectivity index (χ0) is 13.1. The molecular formula is C12H24N2O3. The van der Waals surface area contributed by atoms with Crippen LogP contribution >= 0.6 is 0 Å². The molecule has 0 aromatic heterocycles. The third kappa shape index (κ3) is 4.52. The monoisotopic (exact) mass is 244 g/mol. The number of rotatable bonds is 2. The van der Waals surface area contributed by atoms with Crippen molar-refractivity contribution in [3.8, 4) is 0 Å². The SMILES string of the molecule is CC(C)(C)OC(=O)NC[C@@]1(C)CCNC[C@H]1O. The molecule has 5 heteroatoms. The van der Waals surface area contributed by atoms with Crippen LogP contribution in [0, 0.1) is 5.41 Å². The van der Waals surface area contributed by atoms with Crippen LogP contribution in [0.5, 0.6) is 0 Å². The average molecular weight is 244 g/mol. The maximum Gasteiger partial charge on any atom is 0.407 e. The first-order chi connectivity index (χ1) is 7.73. The average Bonchev–Trinajstić information content (AvgIpc) is 2.18. The predicted molar refractivity (Wildman–Crippen MR) is 65.8 cm³/mol. The molecule has 5 nitrogen and oxygen atoms in total. The number of carbonyl (C=O) groups is 1. The first-order valence-electron chi connectivity index (χ1n) is 6.09. The van der Waals surface area contributed by atoms with Gasteiger partial charge in [0.15, 0.2) is 0 Å². The number of piperidine rings is 1. The summed E-state index contributed by atoms with van der Waals surface area (Å²) in [5, 5.41) is 15.8. The summed E-state index contributed by atoms with van der Waals surface area (Å²) in [4.78, 5) is 11.5. The van der Waals surface area contributed by atoms with Crippen LogP contribution in [0.25, 0.3) is 0 Å². The molecule has 1 heterocycles. The Balaban J connectivity index is 2.41. The van der Waals surface area contributed by atoms with Gasteiger partial charge < -0.3 is 20.5 Å². The van der Waals surface area contributed by atoms with Crippen LogP contribution in [0.3, 0.4) is 0 Å². The standard InChI is InChI=1S/C12H24N2O3/c1-11(2,3)17-10(16)14-8-12(4)5-6-13-7-9(12)15/h9,13,15H,5-8H2,1-4H3,(H,14,16)/t9-,12-/m1/s1. The molecule has 1 saturated heterocycles. The quantitative estimate of drug-likeness (QED) is 0.674. The number of hydrogen-bond donors (Lipinski definition) is 3. The van der Waals surface area contributed by atoms with E-state index in [-0.39, 0.29) is 5.41 Å². The van der Waals surface area contributed by atoms with E-state index in [1.165, 1.54) is 0 Å². The number of alkyl carbamates (subject to hydrolysis) is 1. The second-order valence-corrected chi connectivity index (χ2v) is 5.98. The summed E-state index contributed by atoms with van der Waals surface area (Å²) in [5.74, 6) is 0. The lowest BCUT2D eigenvalue weighted by Crippen LogP contribution is -2.53. The van der Waals surface area contributed by atoms with Crippen LogP contribution in [0.2, 0.25) is 0 Å². The fourth-order valence-electron chi connectivity index (χ4n) is 1.82. The minimum absolute atomic E-state index is 0.276. The number of hydrogen-bond acceptors (Lipinski definition) is 4. The van der Waals surface area contributed by atoms with E-state index < -0.39 is 17.8 Å². The van der Waals surface area contributed by atoms with Gasteiger partial charge in [0.1, 0.15) is 5.60 Å². The second-order valence-electron chi connectivity index (χ2n) is 5.98. The highest BCUT2D eigenvalue weighted by Crippen LogP contribution is 2.27. The minimum Gasteiger partial charge on any atom is -0.444 e. The Hall–Kier alpha value is -0.810. The molecule has 3 N–H and O–H groups in total. The molecule has 1 amide bonds. The molecule has 1 rings (SSSR count). The van der Waals surface area contributed by atoms with E-state index in [0.29, 0.717) is 13.1 Å². The zero-order valence-electron chi connectivity index (χ0n) is 11.2. The predicted octanol–water partition coefficient (Wildman–Crippen LogP) is 0.872. The van der Waals surface area contributed by atoms with Crippen molar-refractivity contribution in [2.75, 3.05) is 19.6 Å². The molecule has 0 unspecified atom stereocenters. The maximum absolute atomic E-state index is 11.5. The number of amides is 1. The summed E-state index contributed by atoms with van der Waals surface area (Å²) in [5.41, 5.74) is -0.764. The lowest BCUT2D eigenvalue weighted by Gasteiger charge is -2.38. The molecule has 0 spiro atoms. The summed E-state index contributed by atoms with van der Waals surface area (Å²) in [6.45, 7) is 9.34. The summed E-state index contributed by atoms with van der Waals surface area (Å²) in [6.07, 6.45) is -0.0279. The maximum atomic E-state index is 11.5. The fraction of sp³-hybridized carbons (Fsp3) is 0.917. The van der Waals surface area contributed by atoms with Gasteiger partial charge in [-0.1, -0.05) is 6.92 Å². The minimum atomic E-state index is -0.488. The van der Waals surface area contributed by atoms with Crippen molar-refractivity contribution in [2.24, 2.45) is 5.41 Å². The van der Waals surface area contributed by atoms with Crippen LogP contribution in [0.15, 0.2) is 0 Å². The Morgan fingerprint density at radius 1 is 1.59 bits per heavy atom. The van der Waals surface area contributed by atoms with Gasteiger partial charge in [0.25, 0.3) is 0 Å². The first kappa shape index (κ1) is 14.3. The Kier molecular flexibility index (Phi) is 4.38. The van der Waals surface area contributed by atoms with Gasteiger partial charge in [0.05, 0.1) is 6.10 Å². The lowest BCUT2D eigenvalue weighted by atomic mass is 9.78. The van der Waals surface area contributed by atoms with E-state index in [0.717, 1.165) is 13.0 Å². The van der Waals surface area contributed by atoms with Crippen LogP contribution in [0.1, 0.15) is 34.1 Å². The molecular weight excluding hydrogens is 220 g/mol. The van der Waals surface area contributed by atoms with E-state index >= 15 is 0 Å². The lowest BCUT2D eigenvalue weighted by molar-refractivity contribution is 0.00702. The van der Waals surface area contributed by atoms with Crippen molar-refractivity contribution in [2.45, 2.75) is 45.8 Å². The summed E-state index contributed by atoms with van der Waals surface area (Å²) in [7, 11) is 0. The van der Waals surface area contributed by atoms with Gasteiger partial charge in [-0.15, -0.1) is 0 Å². The van der Waals surface area contributed by atoms with E-state index in [9.17, 15) is 9.90 Å². The summed E-state index contributed by atoms with van der Waals surface area (Å²) >= 11 is 0. The molecule has 0 aromatic rings. The number of nitrogens with one attached hydrogen (secondary N) is 2. The first-order valence-corrected chi connectivity index (χ1v) is 6.09. The fourth-order valence-corrected chi connectivity index (χ4v) is 1.82. The molecule has 0 saturated carbocycles. The third-order valence-electron chi connectivity index (χ3n) is 3.05. The van der Waals surface area contributed by atoms with Crippen LogP contribution in [-0.4, -0.2) is 42.5 Å². The molecule has 0 bridgehead atoms. The van der Waals surface area contributed by atoms with Crippen molar-refractivity contribution in [3.05, 3.63) is 0 Å². The molecule has 0 aromatic carbocycles. The van der Waals surface area contributed by atoms with Gasteiger partial charge >= 0.3 is 6.09 Å². The number of β-amino-alcohol motifs (C(OH)–C–C–N with tert-alkyl or cyclic N) is 1. The van der Waals surface area contributed by atoms with Crippen molar-refractivity contribution in [3.63, 3.8) is 0 Å². The molecule has 100 valence electrons. The Morgan fingerprint density at radius 3 is 2.76 bits per heavy atom. The zero-order valence-corrected chi connectivity index (χ0v) is 11.2. The van der Waals surface area contributed by atoms with Gasteiger partial charge in [-0.3, -0.25) is 0 Å². The summed E-state index contributed by atoms with van der Waals surface area (Å²) in [6, 6.07) is 0. The Morgan fingerprint density at radius 2 is 2.24 bits per heavy atom. The van der Waals surface area contributed by atoms with Crippen molar-refractivity contribution < 1.29 is 14.6 Å². The molecule has 0 radical (unpaired) electrons. The van der Waals surface area contributed by atoms with E-state index in [1.807, 2.05) is 27.7 Å². The number of ether oxygens (including phenoxy) is 1. The van der Waals surface area contributed by atoms with E-state index in [1.54, 1.807) is 0 Å². The highest BCUT2D eigenvalue weighted by atomic mass is 16.6. The summed E-state index contributed by atoms with van der Waals surface area (Å²) < 4.78 is 5.16. The van der Waals surface area contributed by atoms with Gasteiger partial charge in [-0.05, 0) is 33.7 Å². The van der Waals surface area contributed by atoms with Gasteiger partial charge in [-0.2, -0.15) is 0 Å². The number of aliphatic hydroxyl groups is 1. The highest BCUT2D eigenvalue weighted by Gasteiger charge is 2.35. The third-order valence-corrected chi connectivity index (χ3v) is 3.05. The largest absolute Gasteiger partial charge is 0.444 e. The number of aliphatic hydroxyl groups excluding tert-OH is 1. The van der Waals surface area contributed by atoms with Gasteiger partial charge in [0.2, 0.25) is 0 Å². The molecule has 1 aliphatic rings. The van der Waals surface area contributed by atoms with Crippen molar-refractivity contribution >= 4 is 6.09 Å². The number of carbonyl (C=O) groups excluding carboxylic acids is 1. The van der Waals surface area contributed by atoms with Crippen LogP contribution in [0.4, 0.5) is 4.79 Å². The smallest absolute Gasteiger partial charge is 0.407 e. The van der Waals surface area contributed by atoms with Crippen molar-refractivity contribution in [1.82, 2.24) is 10.6 Å².